The molecule has 0 saturated carbocycles. The molecule has 0 spiro atoms. The fourth-order valence-electron chi connectivity index (χ4n) is 1.41. The first-order valence-electron chi connectivity index (χ1n) is 4.94. The molecule has 2 nitrogen and oxygen atoms in total. The second kappa shape index (κ2) is 5.34. The van der Waals surface area contributed by atoms with Gasteiger partial charge in [0.15, 0.2) is 0 Å². The van der Waals surface area contributed by atoms with Gasteiger partial charge in [0.05, 0.1) is 26.6 Å². The largest absolute Gasteiger partial charge is 0.397 e. The standard InChI is InChI=1S/C12H8BrCl2FN2/c13-7-4-10(17)12(5-9(7)16)18-11-3-6(14)1-2-8(11)15/h1-5,18H,17H2. The molecule has 0 bridgehead atoms. The van der Waals surface area contributed by atoms with E-state index in [9.17, 15) is 4.39 Å². The fraction of sp³-hybridized carbons (Fsp3) is 0. The Bertz CT molecular complexity index is 605. The predicted octanol–water partition coefficient (Wildman–Crippen LogP) is 5.22. The molecule has 0 radical (unpaired) electrons. The second-order valence-corrected chi connectivity index (χ2v) is 5.30. The molecule has 0 heterocycles. The number of hydrogen-bond donors (Lipinski definition) is 2. The van der Waals surface area contributed by atoms with Crippen LogP contribution in [0.2, 0.25) is 10.0 Å². The van der Waals surface area contributed by atoms with Crippen LogP contribution in [-0.2, 0) is 0 Å². The van der Waals surface area contributed by atoms with Gasteiger partial charge in [0.25, 0.3) is 0 Å². The van der Waals surface area contributed by atoms with Crippen LogP contribution in [0.4, 0.5) is 21.5 Å². The van der Waals surface area contributed by atoms with E-state index in [0.717, 1.165) is 0 Å². The summed E-state index contributed by atoms with van der Waals surface area (Å²) >= 11 is 14.9. The van der Waals surface area contributed by atoms with Crippen LogP contribution in [0.3, 0.4) is 0 Å². The lowest BCUT2D eigenvalue weighted by Crippen LogP contribution is -1.98. The predicted molar refractivity (Wildman–Crippen MR) is 78.3 cm³/mol. The van der Waals surface area contributed by atoms with Gasteiger partial charge in [0.2, 0.25) is 0 Å². The number of anilines is 3. The maximum absolute atomic E-state index is 13.4. The van der Waals surface area contributed by atoms with Crippen molar-refractivity contribution in [2.24, 2.45) is 0 Å². The van der Waals surface area contributed by atoms with Gasteiger partial charge in [0.1, 0.15) is 5.82 Å². The maximum Gasteiger partial charge on any atom is 0.139 e. The van der Waals surface area contributed by atoms with Crippen LogP contribution >= 0.6 is 39.1 Å². The van der Waals surface area contributed by atoms with Gasteiger partial charge in [-0.1, -0.05) is 23.2 Å². The van der Waals surface area contributed by atoms with Gasteiger partial charge in [-0.25, -0.2) is 4.39 Å². The SMILES string of the molecule is Nc1cc(Br)c(F)cc1Nc1cc(Cl)ccc1Cl. The molecule has 3 N–H and O–H groups in total. The van der Waals surface area contributed by atoms with Gasteiger partial charge in [-0.3, -0.25) is 0 Å². The molecule has 0 aliphatic carbocycles. The molecule has 0 saturated heterocycles. The third kappa shape index (κ3) is 2.88. The van der Waals surface area contributed by atoms with Gasteiger partial charge in [-0.05, 0) is 40.2 Å². The first kappa shape index (κ1) is 13.5. The Morgan fingerprint density at radius 3 is 2.56 bits per heavy atom. The van der Waals surface area contributed by atoms with Crippen molar-refractivity contribution in [3.8, 4) is 0 Å². The Morgan fingerprint density at radius 1 is 1.11 bits per heavy atom. The molecule has 0 fully saturated rings. The third-order valence-electron chi connectivity index (χ3n) is 2.29. The smallest absolute Gasteiger partial charge is 0.139 e. The molecule has 0 atom stereocenters. The highest BCUT2D eigenvalue weighted by molar-refractivity contribution is 9.10. The zero-order valence-electron chi connectivity index (χ0n) is 8.98. The quantitative estimate of drug-likeness (QED) is 0.729. The number of halogens is 4. The summed E-state index contributed by atoms with van der Waals surface area (Å²) in [6, 6.07) is 7.73. The molecule has 94 valence electrons. The summed E-state index contributed by atoms with van der Waals surface area (Å²) in [5.74, 6) is -0.412. The summed E-state index contributed by atoms with van der Waals surface area (Å²) in [5.41, 5.74) is 7.19. The van der Waals surface area contributed by atoms with E-state index in [1.54, 1.807) is 18.2 Å². The lowest BCUT2D eigenvalue weighted by atomic mass is 10.2. The molecule has 0 amide bonds. The van der Waals surface area contributed by atoms with E-state index >= 15 is 0 Å². The first-order chi connectivity index (χ1) is 8.47. The fourth-order valence-corrected chi connectivity index (χ4v) is 2.11. The zero-order chi connectivity index (χ0) is 13.3. The lowest BCUT2D eigenvalue weighted by molar-refractivity contribution is 0.622. The molecule has 18 heavy (non-hydrogen) atoms. The van der Waals surface area contributed by atoms with Crippen molar-refractivity contribution >= 4 is 56.2 Å². The minimum absolute atomic E-state index is 0.308. The van der Waals surface area contributed by atoms with Crippen LogP contribution < -0.4 is 11.1 Å². The average Bonchev–Trinajstić information content (AvgIpc) is 2.30. The Labute approximate surface area is 122 Å². The molecule has 0 aliphatic heterocycles. The van der Waals surface area contributed by atoms with Crippen LogP contribution in [0, 0.1) is 5.82 Å². The normalized spacial score (nSPS) is 10.4. The van der Waals surface area contributed by atoms with E-state index in [1.807, 2.05) is 0 Å². The van der Waals surface area contributed by atoms with E-state index < -0.39 is 5.82 Å². The van der Waals surface area contributed by atoms with Crippen molar-refractivity contribution in [1.29, 1.82) is 0 Å². The van der Waals surface area contributed by atoms with Gasteiger partial charge in [-0.2, -0.15) is 0 Å². The Hall–Kier alpha value is -0.970. The maximum atomic E-state index is 13.4. The number of rotatable bonds is 2. The van der Waals surface area contributed by atoms with Crippen molar-refractivity contribution in [2.45, 2.75) is 0 Å². The van der Waals surface area contributed by atoms with Crippen LogP contribution in [-0.4, -0.2) is 0 Å². The molecular weight excluding hydrogens is 342 g/mol. The van der Waals surface area contributed by atoms with Crippen LogP contribution in [0.25, 0.3) is 0 Å². The summed E-state index contributed by atoms with van der Waals surface area (Å²) in [7, 11) is 0. The van der Waals surface area contributed by atoms with Gasteiger partial charge >= 0.3 is 0 Å². The van der Waals surface area contributed by atoms with Gasteiger partial charge in [0, 0.05) is 11.1 Å². The minimum atomic E-state index is -0.412. The van der Waals surface area contributed by atoms with E-state index in [4.69, 9.17) is 28.9 Å². The summed E-state index contributed by atoms with van der Waals surface area (Å²) in [5, 5.41) is 3.95. The van der Waals surface area contributed by atoms with E-state index in [2.05, 4.69) is 21.2 Å². The van der Waals surface area contributed by atoms with E-state index in [1.165, 1.54) is 12.1 Å². The van der Waals surface area contributed by atoms with Crippen molar-refractivity contribution in [2.75, 3.05) is 11.1 Å². The number of benzene rings is 2. The molecule has 0 unspecified atom stereocenters. The highest BCUT2D eigenvalue weighted by atomic mass is 79.9. The van der Waals surface area contributed by atoms with Crippen molar-refractivity contribution in [3.05, 3.63) is 50.7 Å². The molecule has 2 rings (SSSR count). The summed E-state index contributed by atoms with van der Waals surface area (Å²) in [6.07, 6.45) is 0. The number of nitrogens with two attached hydrogens (primary N) is 1. The monoisotopic (exact) mass is 348 g/mol. The summed E-state index contributed by atoms with van der Waals surface area (Å²) in [6.45, 7) is 0. The van der Waals surface area contributed by atoms with Crippen LogP contribution in [0.5, 0.6) is 0 Å². The van der Waals surface area contributed by atoms with Crippen LogP contribution in [0.1, 0.15) is 0 Å². The molecule has 2 aromatic carbocycles. The third-order valence-corrected chi connectivity index (χ3v) is 3.46. The van der Waals surface area contributed by atoms with Crippen LogP contribution in [0.15, 0.2) is 34.8 Å². The Morgan fingerprint density at radius 2 is 1.83 bits per heavy atom. The number of nitrogens with one attached hydrogen (secondary N) is 1. The highest BCUT2D eigenvalue weighted by Crippen LogP contribution is 2.33. The molecule has 0 aliphatic rings. The van der Waals surface area contributed by atoms with Crippen molar-refractivity contribution < 1.29 is 4.39 Å². The number of nitrogen functional groups attached to an aromatic ring is 1. The topological polar surface area (TPSA) is 38.0 Å². The molecule has 6 heteroatoms. The summed E-state index contributed by atoms with van der Waals surface area (Å²) in [4.78, 5) is 0. The van der Waals surface area contributed by atoms with Gasteiger partial charge < -0.3 is 11.1 Å². The lowest BCUT2D eigenvalue weighted by Gasteiger charge is -2.12. The van der Waals surface area contributed by atoms with E-state index in [-0.39, 0.29) is 0 Å². The first-order valence-corrected chi connectivity index (χ1v) is 6.49. The van der Waals surface area contributed by atoms with Crippen molar-refractivity contribution in [1.82, 2.24) is 0 Å². The molecular formula is C12H8BrCl2FN2. The molecule has 0 aromatic heterocycles. The summed E-state index contributed by atoms with van der Waals surface area (Å²) < 4.78 is 13.7. The van der Waals surface area contributed by atoms with E-state index in [0.29, 0.717) is 31.6 Å². The number of hydrogen-bond acceptors (Lipinski definition) is 2. The van der Waals surface area contributed by atoms with Crippen molar-refractivity contribution in [3.63, 3.8) is 0 Å². The highest BCUT2D eigenvalue weighted by Gasteiger charge is 2.08. The Kier molecular flexibility index (Phi) is 4.00. The van der Waals surface area contributed by atoms with Gasteiger partial charge in [-0.15, -0.1) is 0 Å². The Balaban J connectivity index is 2.40. The second-order valence-electron chi connectivity index (χ2n) is 3.60. The molecule has 2 aromatic rings. The zero-order valence-corrected chi connectivity index (χ0v) is 12.1. The average molecular weight is 350 g/mol. The minimum Gasteiger partial charge on any atom is -0.397 e.